The molecule has 156 valence electrons. The predicted octanol–water partition coefficient (Wildman–Crippen LogP) is 3.44. The second-order valence-electron chi connectivity index (χ2n) is 7.92. The number of hydrogen-bond donors (Lipinski definition) is 1. The average molecular weight is 401 g/mol. The third kappa shape index (κ3) is 5.50. The molecule has 2 heterocycles. The van der Waals surface area contributed by atoms with Crippen molar-refractivity contribution in [2.24, 2.45) is 11.8 Å². The molecular weight excluding hydrogens is 373 g/mol. The summed E-state index contributed by atoms with van der Waals surface area (Å²) in [7, 11) is 0. The summed E-state index contributed by atoms with van der Waals surface area (Å²) in [6.07, 6.45) is 5.45. The molecule has 1 N–H and O–H groups in total. The minimum atomic E-state index is -0.467. The summed E-state index contributed by atoms with van der Waals surface area (Å²) in [5.74, 6) is 0.505. The van der Waals surface area contributed by atoms with Gasteiger partial charge in [-0.25, -0.2) is 14.4 Å². The van der Waals surface area contributed by atoms with Crippen LogP contribution in [0, 0.1) is 17.7 Å². The number of aromatic nitrogens is 2. The van der Waals surface area contributed by atoms with Gasteiger partial charge < -0.3 is 14.7 Å². The third-order valence-electron chi connectivity index (χ3n) is 5.19. The highest BCUT2D eigenvalue weighted by molar-refractivity contribution is 5.76. The maximum absolute atomic E-state index is 14.3. The maximum atomic E-state index is 14.3. The van der Waals surface area contributed by atoms with Gasteiger partial charge >= 0.3 is 6.01 Å². The summed E-state index contributed by atoms with van der Waals surface area (Å²) >= 11 is 0. The molecule has 1 amide bonds. The van der Waals surface area contributed by atoms with Crippen molar-refractivity contribution in [3.8, 4) is 17.1 Å². The summed E-state index contributed by atoms with van der Waals surface area (Å²) in [5, 5.41) is 9.20. The van der Waals surface area contributed by atoms with E-state index >= 15 is 0 Å². The van der Waals surface area contributed by atoms with Gasteiger partial charge in [0.15, 0.2) is 0 Å². The number of aliphatic hydroxyl groups is 1. The Hall–Kier alpha value is -2.54. The lowest BCUT2D eigenvalue weighted by molar-refractivity contribution is -0.133. The molecule has 0 spiro atoms. The molecule has 6 nitrogen and oxygen atoms in total. The number of rotatable bonds is 7. The molecule has 2 aromatic rings. The van der Waals surface area contributed by atoms with Crippen LogP contribution in [0.1, 0.15) is 38.7 Å². The van der Waals surface area contributed by atoms with Crippen molar-refractivity contribution in [3.05, 3.63) is 42.0 Å². The van der Waals surface area contributed by atoms with Crippen molar-refractivity contribution in [2.75, 3.05) is 19.7 Å². The van der Waals surface area contributed by atoms with Gasteiger partial charge in [0.2, 0.25) is 5.91 Å². The normalized spacial score (nSPS) is 15.0. The van der Waals surface area contributed by atoms with E-state index in [2.05, 4.69) is 23.8 Å². The summed E-state index contributed by atoms with van der Waals surface area (Å²) < 4.78 is 20.0. The highest BCUT2D eigenvalue weighted by atomic mass is 19.1. The van der Waals surface area contributed by atoms with Crippen LogP contribution in [0.25, 0.3) is 11.1 Å². The van der Waals surface area contributed by atoms with Gasteiger partial charge in [0.25, 0.3) is 0 Å². The Balaban J connectivity index is 1.51. The Bertz CT molecular complexity index is 819. The van der Waals surface area contributed by atoms with Crippen LogP contribution in [-0.2, 0) is 11.4 Å². The standard InChI is InChI=1S/C22H28FN3O3/c1-15(2)10-20(28)26-8-6-16(7-9-26)14-29-22-24-11-18(12-25-22)19-5-3-4-17(13-27)21(19)23/h3-5,11-12,15-16,27H,6-10,13-14H2,1-2H3. The zero-order chi connectivity index (χ0) is 20.8. The van der Waals surface area contributed by atoms with Gasteiger partial charge in [-0.1, -0.05) is 32.0 Å². The molecule has 1 aliphatic rings. The van der Waals surface area contributed by atoms with Crippen molar-refractivity contribution >= 4 is 5.91 Å². The number of carbonyl (C=O) groups excluding carboxylic acids is 1. The van der Waals surface area contributed by atoms with E-state index in [9.17, 15) is 14.3 Å². The molecule has 29 heavy (non-hydrogen) atoms. The van der Waals surface area contributed by atoms with E-state index in [1.54, 1.807) is 18.2 Å². The van der Waals surface area contributed by atoms with E-state index in [1.807, 2.05) is 4.90 Å². The highest BCUT2D eigenvalue weighted by Gasteiger charge is 2.23. The zero-order valence-corrected chi connectivity index (χ0v) is 17.0. The number of likely N-dealkylation sites (tertiary alicyclic amines) is 1. The van der Waals surface area contributed by atoms with Crippen LogP contribution in [0.5, 0.6) is 6.01 Å². The van der Waals surface area contributed by atoms with Crippen molar-refractivity contribution in [1.29, 1.82) is 0 Å². The number of amides is 1. The first kappa shape index (κ1) is 21.2. The molecule has 1 fully saturated rings. The number of benzene rings is 1. The SMILES string of the molecule is CC(C)CC(=O)N1CCC(COc2ncc(-c3cccc(CO)c3F)cn2)CC1. The fraction of sp³-hybridized carbons (Fsp3) is 0.500. The number of halogens is 1. The second kappa shape index (κ2) is 9.78. The van der Waals surface area contributed by atoms with Crippen LogP contribution >= 0.6 is 0 Å². The number of aliphatic hydroxyl groups excluding tert-OH is 1. The number of ether oxygens (including phenoxy) is 1. The van der Waals surface area contributed by atoms with Crippen LogP contribution in [0.3, 0.4) is 0 Å². The Morgan fingerprint density at radius 2 is 1.97 bits per heavy atom. The van der Waals surface area contributed by atoms with Crippen LogP contribution in [-0.4, -0.2) is 45.6 Å². The van der Waals surface area contributed by atoms with Crippen molar-refractivity contribution in [1.82, 2.24) is 14.9 Å². The lowest BCUT2D eigenvalue weighted by Gasteiger charge is -2.32. The fourth-order valence-electron chi connectivity index (χ4n) is 3.47. The van der Waals surface area contributed by atoms with Gasteiger partial charge in [0.05, 0.1) is 13.2 Å². The molecule has 0 bridgehead atoms. The lowest BCUT2D eigenvalue weighted by Crippen LogP contribution is -2.40. The van der Waals surface area contributed by atoms with E-state index in [0.717, 1.165) is 25.9 Å². The Labute approximate surface area is 170 Å². The van der Waals surface area contributed by atoms with Gasteiger partial charge in [0, 0.05) is 48.6 Å². The summed E-state index contributed by atoms with van der Waals surface area (Å²) in [6.45, 7) is 5.78. The Morgan fingerprint density at radius 1 is 1.28 bits per heavy atom. The summed E-state index contributed by atoms with van der Waals surface area (Å²) in [5.41, 5.74) is 1.12. The molecule has 1 aliphatic heterocycles. The first-order valence-electron chi connectivity index (χ1n) is 10.1. The van der Waals surface area contributed by atoms with E-state index < -0.39 is 5.82 Å². The molecule has 0 radical (unpaired) electrons. The molecular formula is C22H28FN3O3. The predicted molar refractivity (Wildman–Crippen MR) is 108 cm³/mol. The lowest BCUT2D eigenvalue weighted by atomic mass is 9.97. The quantitative estimate of drug-likeness (QED) is 0.769. The molecule has 0 saturated carbocycles. The van der Waals surface area contributed by atoms with E-state index in [-0.39, 0.29) is 24.1 Å². The minimum Gasteiger partial charge on any atom is -0.463 e. The van der Waals surface area contributed by atoms with Crippen molar-refractivity contribution in [3.63, 3.8) is 0 Å². The van der Waals surface area contributed by atoms with Gasteiger partial charge in [-0.15, -0.1) is 0 Å². The van der Waals surface area contributed by atoms with Crippen molar-refractivity contribution < 1.29 is 19.0 Å². The molecule has 1 aromatic heterocycles. The van der Waals surface area contributed by atoms with E-state index in [1.165, 1.54) is 12.4 Å². The molecule has 7 heteroatoms. The van der Waals surface area contributed by atoms with Crippen molar-refractivity contribution in [2.45, 2.75) is 39.7 Å². The first-order valence-corrected chi connectivity index (χ1v) is 10.1. The number of carbonyl (C=O) groups is 1. The summed E-state index contributed by atoms with van der Waals surface area (Å²) in [6, 6.07) is 5.11. The van der Waals surface area contributed by atoms with E-state index in [0.29, 0.717) is 36.0 Å². The number of piperidine rings is 1. The first-order chi connectivity index (χ1) is 14.0. The highest BCUT2D eigenvalue weighted by Crippen LogP contribution is 2.25. The maximum Gasteiger partial charge on any atom is 0.316 e. The topological polar surface area (TPSA) is 75.6 Å². The molecule has 1 saturated heterocycles. The second-order valence-corrected chi connectivity index (χ2v) is 7.92. The van der Waals surface area contributed by atoms with Crippen LogP contribution in [0.15, 0.2) is 30.6 Å². The third-order valence-corrected chi connectivity index (χ3v) is 5.19. The van der Waals surface area contributed by atoms with Gasteiger partial charge in [-0.3, -0.25) is 4.79 Å². The Morgan fingerprint density at radius 3 is 2.59 bits per heavy atom. The number of nitrogens with zero attached hydrogens (tertiary/aromatic N) is 3. The molecule has 0 aliphatic carbocycles. The summed E-state index contributed by atoms with van der Waals surface area (Å²) in [4.78, 5) is 22.5. The van der Waals surface area contributed by atoms with Crippen LogP contribution in [0.2, 0.25) is 0 Å². The largest absolute Gasteiger partial charge is 0.463 e. The van der Waals surface area contributed by atoms with Crippen LogP contribution < -0.4 is 4.74 Å². The molecule has 0 atom stereocenters. The molecule has 0 unspecified atom stereocenters. The zero-order valence-electron chi connectivity index (χ0n) is 17.0. The van der Waals surface area contributed by atoms with Gasteiger partial charge in [-0.2, -0.15) is 0 Å². The Kier molecular flexibility index (Phi) is 7.14. The van der Waals surface area contributed by atoms with Gasteiger partial charge in [-0.05, 0) is 24.7 Å². The molecule has 1 aromatic carbocycles. The monoisotopic (exact) mass is 401 g/mol. The van der Waals surface area contributed by atoms with E-state index in [4.69, 9.17) is 4.74 Å². The van der Waals surface area contributed by atoms with Gasteiger partial charge in [0.1, 0.15) is 5.82 Å². The average Bonchev–Trinajstić information content (AvgIpc) is 2.73. The fourth-order valence-corrected chi connectivity index (χ4v) is 3.47. The van der Waals surface area contributed by atoms with Crippen LogP contribution in [0.4, 0.5) is 4.39 Å². The molecule has 3 rings (SSSR count). The minimum absolute atomic E-state index is 0.232. The number of hydrogen-bond acceptors (Lipinski definition) is 5. The smallest absolute Gasteiger partial charge is 0.316 e.